The summed E-state index contributed by atoms with van der Waals surface area (Å²) in [6.07, 6.45) is 0.542. The minimum atomic E-state index is -4.19. The van der Waals surface area contributed by atoms with Crippen molar-refractivity contribution in [3.05, 3.63) is 83.2 Å². The van der Waals surface area contributed by atoms with Crippen molar-refractivity contribution in [3.8, 4) is 0 Å². The van der Waals surface area contributed by atoms with Gasteiger partial charge in [0.1, 0.15) is 5.82 Å². The summed E-state index contributed by atoms with van der Waals surface area (Å²) < 4.78 is 38.4. The van der Waals surface area contributed by atoms with Gasteiger partial charge in [-0.25, -0.2) is 22.7 Å². The molecule has 0 fully saturated rings. The molecule has 42 heavy (non-hydrogen) atoms. The first-order chi connectivity index (χ1) is 19.6. The average molecular weight is 595 g/mol. The molecule has 2 aliphatic rings. The van der Waals surface area contributed by atoms with Gasteiger partial charge in [0.05, 0.1) is 33.4 Å². The molecule has 0 aliphatic carbocycles. The summed E-state index contributed by atoms with van der Waals surface area (Å²) in [5.74, 6) is -2.05. The zero-order valence-electron chi connectivity index (χ0n) is 23.1. The van der Waals surface area contributed by atoms with Crippen LogP contribution in [0.5, 0.6) is 0 Å². The number of sulfonamides is 1. The molecule has 0 spiro atoms. The first kappa shape index (κ1) is 29.1. The standard InChI is InChI=1S/C29H29FN5O6S/c1-29(2,3)27(37)33-23-10-16-6-4-5-7-22(16)32-24(23)12-25-20-15-34(28(38)39)13-17(20)14-35(25)26(36)19-9-8-18(11-21(19)30)42(31,40)41/h4-12,25H,13-15H2,1-3H3,(H,33,37)(H,38,39)(H2,31,40,41). The highest BCUT2D eigenvalue weighted by Crippen LogP contribution is 2.37. The third kappa shape index (κ3) is 5.57. The predicted octanol–water partition coefficient (Wildman–Crippen LogP) is 3.37. The molecule has 1 aromatic heterocycles. The second kappa shape index (κ2) is 10.5. The third-order valence-corrected chi connectivity index (χ3v) is 8.19. The number of aromatic nitrogens is 1. The van der Waals surface area contributed by atoms with Crippen LogP contribution in [-0.2, 0) is 14.8 Å². The van der Waals surface area contributed by atoms with Crippen LogP contribution in [0.4, 0.5) is 14.9 Å². The van der Waals surface area contributed by atoms with Crippen molar-refractivity contribution in [3.63, 3.8) is 0 Å². The number of carbonyl (C=O) groups is 3. The highest BCUT2D eigenvalue weighted by Gasteiger charge is 2.43. The van der Waals surface area contributed by atoms with Gasteiger partial charge >= 0.3 is 6.09 Å². The molecule has 0 bridgehead atoms. The van der Waals surface area contributed by atoms with E-state index in [1.54, 1.807) is 39.3 Å². The molecule has 1 atom stereocenters. The zero-order valence-corrected chi connectivity index (χ0v) is 23.9. The van der Waals surface area contributed by atoms with E-state index in [1.807, 2.05) is 18.2 Å². The van der Waals surface area contributed by atoms with E-state index in [4.69, 9.17) is 10.1 Å². The number of benzene rings is 2. The Labute approximate surface area is 241 Å². The molecule has 3 aromatic rings. The summed E-state index contributed by atoms with van der Waals surface area (Å²) in [6, 6.07) is 11.1. The number of pyridine rings is 1. The molecule has 0 saturated heterocycles. The topological polar surface area (TPSA) is 163 Å². The Kier molecular flexibility index (Phi) is 7.27. The number of nitrogens with one attached hydrogen (secondary N) is 1. The van der Waals surface area contributed by atoms with Crippen LogP contribution in [0.15, 0.2) is 64.6 Å². The molecular formula is C29H29FN5O6S. The number of nitrogens with zero attached hydrogens (tertiary/aromatic N) is 3. The smallest absolute Gasteiger partial charge is 0.407 e. The summed E-state index contributed by atoms with van der Waals surface area (Å²) in [5.41, 5.74) is 1.62. The van der Waals surface area contributed by atoms with Crippen molar-refractivity contribution in [1.82, 2.24) is 14.8 Å². The van der Waals surface area contributed by atoms with Crippen LogP contribution in [0, 0.1) is 17.7 Å². The maximum atomic E-state index is 15.1. The fraction of sp³-hybridized carbons (Fsp3) is 0.276. The minimum absolute atomic E-state index is 0.0206. The van der Waals surface area contributed by atoms with Gasteiger partial charge in [0.15, 0.2) is 0 Å². The Morgan fingerprint density at radius 2 is 1.81 bits per heavy atom. The monoisotopic (exact) mass is 594 g/mol. The van der Waals surface area contributed by atoms with E-state index in [0.717, 1.165) is 17.5 Å². The van der Waals surface area contributed by atoms with Gasteiger partial charge in [-0.1, -0.05) is 39.0 Å². The van der Waals surface area contributed by atoms with Crippen molar-refractivity contribution >= 4 is 44.5 Å². The summed E-state index contributed by atoms with van der Waals surface area (Å²) in [4.78, 5) is 45.3. The maximum Gasteiger partial charge on any atom is 0.407 e. The number of hydrogen-bond acceptors (Lipinski definition) is 6. The number of carboxylic acid groups (broad SMARTS) is 1. The molecule has 2 aliphatic heterocycles. The lowest BCUT2D eigenvalue weighted by molar-refractivity contribution is -0.123. The van der Waals surface area contributed by atoms with E-state index in [9.17, 15) is 27.9 Å². The van der Waals surface area contributed by atoms with E-state index >= 15 is 4.39 Å². The van der Waals surface area contributed by atoms with Gasteiger partial charge in [0.25, 0.3) is 5.91 Å². The van der Waals surface area contributed by atoms with Crippen LogP contribution in [0.1, 0.15) is 36.8 Å². The number of primary sulfonamides is 1. The molecule has 5 rings (SSSR count). The summed E-state index contributed by atoms with van der Waals surface area (Å²) in [6.45, 7) is 5.42. The number of nitrogens with two attached hydrogens (primary N) is 1. The van der Waals surface area contributed by atoms with Crippen LogP contribution in [0.3, 0.4) is 0 Å². The lowest BCUT2D eigenvalue weighted by Crippen LogP contribution is -2.42. The number of carbonyl (C=O) groups excluding carboxylic acids is 2. The van der Waals surface area contributed by atoms with Crippen LogP contribution < -0.4 is 10.5 Å². The Morgan fingerprint density at radius 3 is 2.45 bits per heavy atom. The Morgan fingerprint density at radius 1 is 1.10 bits per heavy atom. The molecule has 219 valence electrons. The first-order valence-electron chi connectivity index (χ1n) is 13.0. The van der Waals surface area contributed by atoms with E-state index in [0.29, 0.717) is 34.1 Å². The van der Waals surface area contributed by atoms with Gasteiger partial charge in [-0.05, 0) is 41.5 Å². The highest BCUT2D eigenvalue weighted by molar-refractivity contribution is 7.89. The molecular weight excluding hydrogens is 565 g/mol. The number of halogens is 1. The van der Waals surface area contributed by atoms with Gasteiger partial charge in [-0.2, -0.15) is 0 Å². The first-order valence-corrected chi connectivity index (χ1v) is 14.6. The van der Waals surface area contributed by atoms with Crippen molar-refractivity contribution in [2.75, 3.05) is 25.0 Å². The van der Waals surface area contributed by atoms with Crippen LogP contribution in [0.25, 0.3) is 10.9 Å². The fourth-order valence-corrected chi connectivity index (χ4v) is 5.52. The summed E-state index contributed by atoms with van der Waals surface area (Å²) in [7, 11) is -4.19. The van der Waals surface area contributed by atoms with E-state index in [2.05, 4.69) is 5.32 Å². The molecule has 3 amide bonds. The van der Waals surface area contributed by atoms with Gasteiger partial charge in [-0.15, -0.1) is 0 Å². The van der Waals surface area contributed by atoms with Crippen molar-refractivity contribution in [2.45, 2.75) is 31.7 Å². The second-order valence-corrected chi connectivity index (χ2v) is 12.9. The van der Waals surface area contributed by atoms with E-state index < -0.39 is 44.2 Å². The van der Waals surface area contributed by atoms with Crippen LogP contribution >= 0.6 is 0 Å². The largest absolute Gasteiger partial charge is 0.465 e. The molecule has 4 N–H and O–H groups in total. The number of fused-ring (bicyclic) bond motifs is 1. The fourth-order valence-electron chi connectivity index (χ4n) is 4.99. The lowest BCUT2D eigenvalue weighted by Gasteiger charge is -2.30. The minimum Gasteiger partial charge on any atom is -0.465 e. The molecule has 3 heterocycles. The van der Waals surface area contributed by atoms with Crippen molar-refractivity contribution < 1.29 is 32.3 Å². The maximum absolute atomic E-state index is 15.1. The van der Waals surface area contributed by atoms with Crippen LogP contribution in [-0.4, -0.2) is 71.9 Å². The van der Waals surface area contributed by atoms with Crippen molar-refractivity contribution in [1.29, 1.82) is 0 Å². The molecule has 1 unspecified atom stereocenters. The Hall–Kier alpha value is -4.36. The van der Waals surface area contributed by atoms with Gasteiger partial charge < -0.3 is 20.2 Å². The van der Waals surface area contributed by atoms with Gasteiger partial charge in [-0.3, -0.25) is 14.6 Å². The molecule has 13 heteroatoms. The number of hydrogen-bond donors (Lipinski definition) is 3. The third-order valence-electron chi connectivity index (χ3n) is 7.28. The summed E-state index contributed by atoms with van der Waals surface area (Å²) in [5, 5.41) is 18.4. The average Bonchev–Trinajstić information content (AvgIpc) is 3.47. The molecule has 2 aromatic carbocycles. The van der Waals surface area contributed by atoms with Gasteiger partial charge in [0.2, 0.25) is 15.9 Å². The number of rotatable bonds is 5. The second-order valence-electron chi connectivity index (χ2n) is 11.3. The molecule has 0 saturated carbocycles. The predicted molar refractivity (Wildman–Crippen MR) is 152 cm³/mol. The normalized spacial score (nSPS) is 17.1. The molecule has 11 nitrogen and oxygen atoms in total. The quantitative estimate of drug-likeness (QED) is 0.381. The molecule has 1 radical (unpaired) electrons. The Balaban J connectivity index is 1.56. The number of anilines is 1. The van der Waals surface area contributed by atoms with Crippen molar-refractivity contribution in [2.24, 2.45) is 10.6 Å². The van der Waals surface area contributed by atoms with Gasteiger partial charge in [0, 0.05) is 36.9 Å². The van der Waals surface area contributed by atoms with E-state index in [-0.39, 0.29) is 31.1 Å². The highest BCUT2D eigenvalue weighted by atomic mass is 32.2. The number of para-hydroxylation sites is 1. The number of amides is 3. The zero-order chi connectivity index (χ0) is 30.6. The Bertz CT molecular complexity index is 1780. The SMILES string of the molecule is CC(C)(C)C(=O)Nc1cc2ccccc2nc1[CH]C1C2=C(CN(C(=O)O)C2)CN1C(=O)c1ccc(S(N)(=O)=O)cc1F. The summed E-state index contributed by atoms with van der Waals surface area (Å²) >= 11 is 0. The van der Waals surface area contributed by atoms with Crippen LogP contribution in [0.2, 0.25) is 0 Å². The lowest BCUT2D eigenvalue weighted by atomic mass is 9.95. The van der Waals surface area contributed by atoms with E-state index in [1.165, 1.54) is 9.80 Å².